The average Bonchev–Trinajstić information content (AvgIpc) is 2.84. The molecule has 0 saturated carbocycles. The number of aromatic nitrogens is 2. The van der Waals surface area contributed by atoms with E-state index in [1.165, 1.54) is 12.8 Å². The molecule has 1 aliphatic heterocycles. The van der Waals surface area contributed by atoms with Crippen LogP contribution in [0.5, 0.6) is 0 Å². The lowest BCUT2D eigenvalue weighted by atomic mass is 10.0. The summed E-state index contributed by atoms with van der Waals surface area (Å²) in [4.78, 5) is 15.7. The average molecular weight is 342 g/mol. The summed E-state index contributed by atoms with van der Waals surface area (Å²) in [6, 6.07) is 7.71. The van der Waals surface area contributed by atoms with E-state index in [0.717, 1.165) is 35.0 Å². The molecule has 3 rings (SSSR count). The van der Waals surface area contributed by atoms with Crippen molar-refractivity contribution in [2.75, 3.05) is 18.8 Å². The van der Waals surface area contributed by atoms with Gasteiger partial charge >= 0.3 is 5.97 Å². The summed E-state index contributed by atoms with van der Waals surface area (Å²) in [5.41, 5.74) is 1.76. The van der Waals surface area contributed by atoms with Gasteiger partial charge in [-0.25, -0.2) is 4.98 Å². The minimum Gasteiger partial charge on any atom is -0.480 e. The van der Waals surface area contributed by atoms with Crippen molar-refractivity contribution in [2.45, 2.75) is 24.5 Å². The number of thioether (sulfide) groups is 1. The summed E-state index contributed by atoms with van der Waals surface area (Å²) < 4.78 is 1.80. The monoisotopic (exact) mass is 341 g/mol. The number of nitrogens with one attached hydrogen (secondary N) is 1. The standard InChI is InChI=1S/C15H19N3O2S.ClH/c19-14(20)9-18-13-6-2-1-5-12(13)17-15(18)21-10-11-4-3-7-16-8-11;/h1-2,5-6,11,16H,3-4,7-10H2,(H,19,20);1H. The lowest BCUT2D eigenvalue weighted by Crippen LogP contribution is -2.31. The molecule has 7 heteroatoms. The Balaban J connectivity index is 0.00000176. The fourth-order valence-electron chi connectivity index (χ4n) is 2.71. The Morgan fingerprint density at radius 1 is 1.45 bits per heavy atom. The second kappa shape index (κ2) is 7.85. The normalized spacial score (nSPS) is 18.1. The molecule has 1 aliphatic rings. The molecular weight excluding hydrogens is 322 g/mol. The molecular formula is C15H20ClN3O2S. The van der Waals surface area contributed by atoms with E-state index in [1.54, 1.807) is 16.3 Å². The molecule has 0 amide bonds. The van der Waals surface area contributed by atoms with Crippen LogP contribution in [0, 0.1) is 5.92 Å². The Morgan fingerprint density at radius 3 is 3.00 bits per heavy atom. The smallest absolute Gasteiger partial charge is 0.323 e. The molecule has 2 N–H and O–H groups in total. The van der Waals surface area contributed by atoms with Gasteiger partial charge in [0, 0.05) is 5.75 Å². The number of fused-ring (bicyclic) bond motifs is 1. The first kappa shape index (κ1) is 17.1. The minimum atomic E-state index is -0.834. The Morgan fingerprint density at radius 2 is 2.27 bits per heavy atom. The van der Waals surface area contributed by atoms with Crippen molar-refractivity contribution in [1.82, 2.24) is 14.9 Å². The zero-order valence-electron chi connectivity index (χ0n) is 12.2. The Bertz CT molecular complexity index is 641. The number of carbonyl (C=O) groups is 1. The maximum Gasteiger partial charge on any atom is 0.323 e. The maximum atomic E-state index is 11.1. The van der Waals surface area contributed by atoms with Gasteiger partial charge in [0.05, 0.1) is 11.0 Å². The van der Waals surface area contributed by atoms with Crippen molar-refractivity contribution in [3.8, 4) is 0 Å². The molecule has 0 bridgehead atoms. The Labute approximate surface area is 139 Å². The largest absolute Gasteiger partial charge is 0.480 e. The Hall–Kier alpha value is -1.24. The number of aliphatic carboxylic acids is 1. The highest BCUT2D eigenvalue weighted by atomic mass is 35.5. The molecule has 1 fully saturated rings. The summed E-state index contributed by atoms with van der Waals surface area (Å²) in [7, 11) is 0. The van der Waals surface area contributed by atoms with Crippen molar-refractivity contribution < 1.29 is 9.90 Å². The summed E-state index contributed by atoms with van der Waals surface area (Å²) in [6.45, 7) is 2.12. The van der Waals surface area contributed by atoms with Gasteiger partial charge in [-0.2, -0.15) is 0 Å². The number of carboxylic acids is 1. The van der Waals surface area contributed by atoms with Crippen LogP contribution in [-0.4, -0.2) is 39.5 Å². The first-order valence-corrected chi connectivity index (χ1v) is 8.23. The fourth-order valence-corrected chi connectivity index (χ4v) is 3.86. The highest BCUT2D eigenvalue weighted by Gasteiger charge is 2.17. The number of nitrogens with zero attached hydrogens (tertiary/aromatic N) is 2. The van der Waals surface area contributed by atoms with Crippen molar-refractivity contribution >= 4 is 41.2 Å². The zero-order valence-corrected chi connectivity index (χ0v) is 13.8. The van der Waals surface area contributed by atoms with Crippen molar-refractivity contribution in [2.24, 2.45) is 5.92 Å². The van der Waals surface area contributed by atoms with Crippen molar-refractivity contribution in [3.05, 3.63) is 24.3 Å². The van der Waals surface area contributed by atoms with Gasteiger partial charge in [-0.3, -0.25) is 4.79 Å². The molecule has 1 saturated heterocycles. The van der Waals surface area contributed by atoms with Crippen LogP contribution in [-0.2, 0) is 11.3 Å². The number of rotatable bonds is 5. The van der Waals surface area contributed by atoms with Crippen LogP contribution in [0.1, 0.15) is 12.8 Å². The molecule has 0 spiro atoms. The molecule has 1 atom stereocenters. The molecule has 120 valence electrons. The highest BCUT2D eigenvalue weighted by molar-refractivity contribution is 7.99. The van der Waals surface area contributed by atoms with Gasteiger partial charge in [0.1, 0.15) is 6.54 Å². The Kier molecular flexibility index (Phi) is 6.11. The van der Waals surface area contributed by atoms with Gasteiger partial charge in [-0.05, 0) is 44.0 Å². The number of piperidine rings is 1. The van der Waals surface area contributed by atoms with Gasteiger partial charge in [0.25, 0.3) is 0 Å². The van der Waals surface area contributed by atoms with Crippen LogP contribution in [0.3, 0.4) is 0 Å². The fraction of sp³-hybridized carbons (Fsp3) is 0.467. The van der Waals surface area contributed by atoms with Crippen LogP contribution in [0.25, 0.3) is 11.0 Å². The third kappa shape index (κ3) is 3.94. The van der Waals surface area contributed by atoms with Crippen molar-refractivity contribution in [1.29, 1.82) is 0 Å². The van der Waals surface area contributed by atoms with E-state index in [2.05, 4.69) is 10.3 Å². The van der Waals surface area contributed by atoms with E-state index >= 15 is 0 Å². The molecule has 0 radical (unpaired) electrons. The van der Waals surface area contributed by atoms with E-state index in [0.29, 0.717) is 5.92 Å². The van der Waals surface area contributed by atoms with Crippen LogP contribution in [0.4, 0.5) is 0 Å². The minimum absolute atomic E-state index is 0. The summed E-state index contributed by atoms with van der Waals surface area (Å²) in [5.74, 6) is 0.789. The van der Waals surface area contributed by atoms with Gasteiger partial charge in [-0.1, -0.05) is 23.9 Å². The molecule has 1 aromatic carbocycles. The third-order valence-corrected chi connectivity index (χ3v) is 4.97. The van der Waals surface area contributed by atoms with E-state index < -0.39 is 5.97 Å². The van der Waals surface area contributed by atoms with Gasteiger partial charge < -0.3 is 15.0 Å². The molecule has 2 heterocycles. The van der Waals surface area contributed by atoms with Crippen LogP contribution >= 0.6 is 24.2 Å². The maximum absolute atomic E-state index is 11.1. The summed E-state index contributed by atoms with van der Waals surface area (Å²) in [6.07, 6.45) is 2.45. The number of imidazole rings is 1. The summed E-state index contributed by atoms with van der Waals surface area (Å²) in [5, 5.41) is 13.3. The van der Waals surface area contributed by atoms with E-state index in [1.807, 2.05) is 24.3 Å². The molecule has 2 aromatic rings. The van der Waals surface area contributed by atoms with Crippen LogP contribution < -0.4 is 5.32 Å². The quantitative estimate of drug-likeness (QED) is 0.818. The van der Waals surface area contributed by atoms with Crippen LogP contribution in [0.2, 0.25) is 0 Å². The lowest BCUT2D eigenvalue weighted by Gasteiger charge is -2.22. The second-order valence-corrected chi connectivity index (χ2v) is 6.37. The molecule has 0 aliphatic carbocycles. The SMILES string of the molecule is Cl.O=C(O)Cn1c(SCC2CCCNC2)nc2ccccc21. The zero-order chi connectivity index (χ0) is 14.7. The molecule has 5 nitrogen and oxygen atoms in total. The second-order valence-electron chi connectivity index (χ2n) is 5.39. The predicted molar refractivity (Wildman–Crippen MR) is 90.9 cm³/mol. The number of para-hydroxylation sites is 2. The van der Waals surface area contributed by atoms with Gasteiger partial charge in [0.2, 0.25) is 0 Å². The number of hydrogen-bond donors (Lipinski definition) is 2. The predicted octanol–water partition coefficient (Wildman–Crippen LogP) is 2.63. The van der Waals surface area contributed by atoms with E-state index in [9.17, 15) is 4.79 Å². The lowest BCUT2D eigenvalue weighted by molar-refractivity contribution is -0.137. The van der Waals surface area contributed by atoms with Gasteiger partial charge in [0.15, 0.2) is 5.16 Å². The summed E-state index contributed by atoms with van der Waals surface area (Å²) >= 11 is 1.67. The molecule has 1 unspecified atom stereocenters. The first-order chi connectivity index (χ1) is 10.2. The number of halogens is 1. The number of hydrogen-bond acceptors (Lipinski definition) is 4. The van der Waals surface area contributed by atoms with Crippen molar-refractivity contribution in [3.63, 3.8) is 0 Å². The molecule has 1 aromatic heterocycles. The first-order valence-electron chi connectivity index (χ1n) is 7.24. The molecule has 22 heavy (non-hydrogen) atoms. The van der Waals surface area contributed by atoms with E-state index in [-0.39, 0.29) is 19.0 Å². The number of carboxylic acid groups (broad SMARTS) is 1. The topological polar surface area (TPSA) is 67.2 Å². The van der Waals surface area contributed by atoms with Gasteiger partial charge in [-0.15, -0.1) is 12.4 Å². The van der Waals surface area contributed by atoms with Crippen LogP contribution in [0.15, 0.2) is 29.4 Å². The number of benzene rings is 1. The highest BCUT2D eigenvalue weighted by Crippen LogP contribution is 2.27. The van der Waals surface area contributed by atoms with E-state index in [4.69, 9.17) is 5.11 Å². The third-order valence-electron chi connectivity index (χ3n) is 3.76.